The van der Waals surface area contributed by atoms with Gasteiger partial charge in [-0.3, -0.25) is 0 Å². The Balaban J connectivity index is 3.01. The van der Waals surface area contributed by atoms with E-state index in [1.54, 1.807) is 18.8 Å². The monoisotopic (exact) mass is 127 g/mol. The van der Waals surface area contributed by atoms with Gasteiger partial charge in [0.15, 0.2) is 0 Å². The molecule has 0 fully saturated rings. The van der Waals surface area contributed by atoms with Gasteiger partial charge in [0.2, 0.25) is 11.9 Å². The molecular weight excluding hydrogens is 118 g/mol. The Bertz CT molecular complexity index is 203. The van der Waals surface area contributed by atoms with Crippen molar-refractivity contribution in [2.75, 3.05) is 18.1 Å². The third-order valence-electron chi connectivity index (χ3n) is 1.00. The predicted molar refractivity (Wildman–Crippen MR) is 35.0 cm³/mol. The highest BCUT2D eigenvalue weighted by molar-refractivity contribution is 5.30. The second-order valence-electron chi connectivity index (χ2n) is 1.67. The fourth-order valence-electron chi connectivity index (χ4n) is 0.622. The van der Waals surface area contributed by atoms with Gasteiger partial charge < -0.3 is 11.1 Å². The van der Waals surface area contributed by atoms with E-state index in [4.69, 9.17) is 5.73 Å². The molecule has 0 aliphatic heterocycles. The van der Waals surface area contributed by atoms with Crippen LogP contribution in [-0.4, -0.2) is 21.8 Å². The Morgan fingerprint density at radius 3 is 2.56 bits per heavy atom. The van der Waals surface area contributed by atoms with Crippen molar-refractivity contribution in [1.29, 1.82) is 0 Å². The molecule has 5 nitrogen and oxygen atoms in total. The SMILES string of the molecule is CNc1nc(N)nn1C. The van der Waals surface area contributed by atoms with Crippen LogP contribution < -0.4 is 11.1 Å². The zero-order valence-electron chi connectivity index (χ0n) is 5.42. The quantitative estimate of drug-likeness (QED) is 0.530. The maximum atomic E-state index is 5.27. The minimum absolute atomic E-state index is 0.293. The van der Waals surface area contributed by atoms with Crippen LogP contribution in [0.4, 0.5) is 11.9 Å². The number of aromatic nitrogens is 3. The number of aryl methyl sites for hydroxylation is 1. The molecule has 5 heteroatoms. The summed E-state index contributed by atoms with van der Waals surface area (Å²) in [6.45, 7) is 0. The van der Waals surface area contributed by atoms with Crippen LogP contribution in [0.15, 0.2) is 0 Å². The molecule has 0 unspecified atom stereocenters. The third-order valence-corrected chi connectivity index (χ3v) is 1.00. The maximum absolute atomic E-state index is 5.27. The first-order valence-electron chi connectivity index (χ1n) is 2.58. The predicted octanol–water partition coefficient (Wildman–Crippen LogP) is -0.561. The maximum Gasteiger partial charge on any atom is 0.241 e. The van der Waals surface area contributed by atoms with Crippen LogP contribution in [0.25, 0.3) is 0 Å². The Hall–Kier alpha value is -1.26. The molecule has 1 aromatic heterocycles. The lowest BCUT2D eigenvalue weighted by Crippen LogP contribution is -1.98. The average Bonchev–Trinajstić information content (AvgIpc) is 2.10. The molecule has 0 bridgehead atoms. The lowest BCUT2D eigenvalue weighted by Gasteiger charge is -1.93. The van der Waals surface area contributed by atoms with Crippen molar-refractivity contribution in [2.45, 2.75) is 0 Å². The van der Waals surface area contributed by atoms with Gasteiger partial charge in [-0.2, -0.15) is 4.98 Å². The second kappa shape index (κ2) is 1.93. The minimum Gasteiger partial charge on any atom is -0.366 e. The number of nitrogens with zero attached hydrogens (tertiary/aromatic N) is 3. The fourth-order valence-corrected chi connectivity index (χ4v) is 0.622. The standard InChI is InChI=1S/C4H9N5/c1-6-4-7-3(5)8-9(4)2/h1-2H3,(H3,5,6,7,8). The number of rotatable bonds is 1. The molecular formula is C4H9N5. The Kier molecular flexibility index (Phi) is 1.26. The summed E-state index contributed by atoms with van der Waals surface area (Å²) in [5, 5.41) is 6.63. The molecule has 0 atom stereocenters. The van der Waals surface area contributed by atoms with E-state index in [9.17, 15) is 0 Å². The third kappa shape index (κ3) is 0.933. The summed E-state index contributed by atoms with van der Waals surface area (Å²) in [6, 6.07) is 0. The summed E-state index contributed by atoms with van der Waals surface area (Å²) in [5.74, 6) is 0.967. The molecule has 0 amide bonds. The minimum atomic E-state index is 0.293. The van der Waals surface area contributed by atoms with Crippen molar-refractivity contribution in [3.8, 4) is 0 Å². The van der Waals surface area contributed by atoms with E-state index >= 15 is 0 Å². The van der Waals surface area contributed by atoms with Gasteiger partial charge in [0.05, 0.1) is 0 Å². The number of nitrogens with two attached hydrogens (primary N) is 1. The first-order valence-corrected chi connectivity index (χ1v) is 2.58. The van der Waals surface area contributed by atoms with E-state index in [1.807, 2.05) is 0 Å². The van der Waals surface area contributed by atoms with Gasteiger partial charge in [-0.15, -0.1) is 5.10 Å². The molecule has 1 heterocycles. The molecule has 9 heavy (non-hydrogen) atoms. The smallest absolute Gasteiger partial charge is 0.241 e. The Morgan fingerprint density at radius 2 is 2.33 bits per heavy atom. The molecule has 3 N–H and O–H groups in total. The van der Waals surface area contributed by atoms with Crippen LogP contribution in [0.1, 0.15) is 0 Å². The zero-order chi connectivity index (χ0) is 6.85. The highest BCUT2D eigenvalue weighted by atomic mass is 15.4. The summed E-state index contributed by atoms with van der Waals surface area (Å²) in [5.41, 5.74) is 5.27. The van der Waals surface area contributed by atoms with Crippen LogP contribution >= 0.6 is 0 Å². The number of nitrogens with one attached hydrogen (secondary N) is 1. The van der Waals surface area contributed by atoms with E-state index in [0.29, 0.717) is 11.9 Å². The van der Waals surface area contributed by atoms with Crippen molar-refractivity contribution in [3.05, 3.63) is 0 Å². The molecule has 0 radical (unpaired) electrons. The lowest BCUT2D eigenvalue weighted by molar-refractivity contribution is 0.777. The zero-order valence-corrected chi connectivity index (χ0v) is 5.42. The first kappa shape index (κ1) is 5.87. The Morgan fingerprint density at radius 1 is 1.67 bits per heavy atom. The van der Waals surface area contributed by atoms with Crippen LogP contribution in [0.5, 0.6) is 0 Å². The van der Waals surface area contributed by atoms with Crippen molar-refractivity contribution in [1.82, 2.24) is 14.8 Å². The number of hydrogen-bond acceptors (Lipinski definition) is 4. The first-order chi connectivity index (χ1) is 4.24. The number of anilines is 2. The van der Waals surface area contributed by atoms with E-state index in [-0.39, 0.29) is 0 Å². The molecule has 1 aromatic rings. The summed E-state index contributed by atoms with van der Waals surface area (Å²) in [6.07, 6.45) is 0. The van der Waals surface area contributed by atoms with E-state index < -0.39 is 0 Å². The summed E-state index contributed by atoms with van der Waals surface area (Å²) < 4.78 is 1.58. The van der Waals surface area contributed by atoms with Gasteiger partial charge in [-0.25, -0.2) is 4.68 Å². The van der Waals surface area contributed by atoms with Crippen LogP contribution in [0.3, 0.4) is 0 Å². The van der Waals surface area contributed by atoms with Crippen molar-refractivity contribution in [2.24, 2.45) is 7.05 Å². The van der Waals surface area contributed by atoms with Gasteiger partial charge in [0.25, 0.3) is 0 Å². The van der Waals surface area contributed by atoms with Gasteiger partial charge in [-0.05, 0) is 0 Å². The van der Waals surface area contributed by atoms with Crippen molar-refractivity contribution in [3.63, 3.8) is 0 Å². The summed E-state index contributed by atoms with van der Waals surface area (Å²) in [4.78, 5) is 3.85. The number of nitrogen functional groups attached to an aromatic ring is 1. The van der Waals surface area contributed by atoms with E-state index in [2.05, 4.69) is 15.4 Å². The molecule has 0 saturated heterocycles. The van der Waals surface area contributed by atoms with Crippen LogP contribution in [-0.2, 0) is 7.05 Å². The molecule has 0 aromatic carbocycles. The molecule has 50 valence electrons. The van der Waals surface area contributed by atoms with Gasteiger partial charge in [0.1, 0.15) is 0 Å². The van der Waals surface area contributed by atoms with Crippen LogP contribution in [0, 0.1) is 0 Å². The topological polar surface area (TPSA) is 68.8 Å². The second-order valence-corrected chi connectivity index (χ2v) is 1.67. The largest absolute Gasteiger partial charge is 0.366 e. The van der Waals surface area contributed by atoms with Crippen LogP contribution in [0.2, 0.25) is 0 Å². The molecule has 0 spiro atoms. The molecule has 1 rings (SSSR count). The summed E-state index contributed by atoms with van der Waals surface area (Å²) >= 11 is 0. The van der Waals surface area contributed by atoms with E-state index in [1.165, 1.54) is 0 Å². The lowest BCUT2D eigenvalue weighted by atomic mass is 10.9. The van der Waals surface area contributed by atoms with Gasteiger partial charge in [-0.1, -0.05) is 0 Å². The Labute approximate surface area is 52.9 Å². The summed E-state index contributed by atoms with van der Waals surface area (Å²) in [7, 11) is 3.54. The van der Waals surface area contributed by atoms with Crippen molar-refractivity contribution < 1.29 is 0 Å². The number of hydrogen-bond donors (Lipinski definition) is 2. The fraction of sp³-hybridized carbons (Fsp3) is 0.500. The van der Waals surface area contributed by atoms with E-state index in [0.717, 1.165) is 0 Å². The van der Waals surface area contributed by atoms with Crippen molar-refractivity contribution >= 4 is 11.9 Å². The van der Waals surface area contributed by atoms with Gasteiger partial charge in [0, 0.05) is 14.1 Å². The highest BCUT2D eigenvalue weighted by Crippen LogP contribution is 2.00. The molecule has 0 saturated carbocycles. The highest BCUT2D eigenvalue weighted by Gasteiger charge is 1.98. The molecule has 0 aliphatic carbocycles. The average molecular weight is 127 g/mol. The van der Waals surface area contributed by atoms with Gasteiger partial charge >= 0.3 is 0 Å². The molecule has 0 aliphatic rings. The normalized spacial score (nSPS) is 9.56.